The zero-order chi connectivity index (χ0) is 17.3. The molecule has 24 heavy (non-hydrogen) atoms. The molecule has 122 valence electrons. The van der Waals surface area contributed by atoms with E-state index in [2.05, 4.69) is 21.0 Å². The lowest BCUT2D eigenvalue weighted by molar-refractivity contribution is 0.0992. The molecule has 0 aliphatic carbocycles. The number of carbonyl (C=O) groups excluding carboxylic acids is 1. The van der Waals surface area contributed by atoms with Gasteiger partial charge in [0, 0.05) is 17.2 Å². The molecule has 5 heteroatoms. The number of hydrogen-bond donors (Lipinski definition) is 0. The standard InChI is InChI=1S/C19H18BrN3O/c1-13-5-4-6-17(11-13)22(3)19(24)18-12-21-23(14(18)2)16-9-7-15(20)8-10-16/h4-12H,1-3H3. The van der Waals surface area contributed by atoms with E-state index in [0.717, 1.165) is 27.1 Å². The molecule has 3 aromatic rings. The van der Waals surface area contributed by atoms with E-state index in [-0.39, 0.29) is 5.91 Å². The molecule has 1 aromatic heterocycles. The zero-order valence-corrected chi connectivity index (χ0v) is 15.4. The lowest BCUT2D eigenvalue weighted by Crippen LogP contribution is -2.26. The lowest BCUT2D eigenvalue weighted by atomic mass is 10.2. The summed E-state index contributed by atoms with van der Waals surface area (Å²) in [6.45, 7) is 3.92. The molecule has 0 N–H and O–H groups in total. The Bertz CT molecular complexity index is 884. The summed E-state index contributed by atoms with van der Waals surface area (Å²) in [5.41, 5.74) is 4.34. The van der Waals surface area contributed by atoms with Gasteiger partial charge < -0.3 is 4.90 Å². The van der Waals surface area contributed by atoms with Gasteiger partial charge in [0.25, 0.3) is 5.91 Å². The van der Waals surface area contributed by atoms with Crippen LogP contribution >= 0.6 is 15.9 Å². The third-order valence-electron chi connectivity index (χ3n) is 4.00. The first-order valence-corrected chi connectivity index (χ1v) is 8.42. The van der Waals surface area contributed by atoms with Gasteiger partial charge in [-0.3, -0.25) is 4.79 Å². The largest absolute Gasteiger partial charge is 0.311 e. The average molecular weight is 384 g/mol. The van der Waals surface area contributed by atoms with E-state index in [4.69, 9.17) is 0 Å². The highest BCUT2D eigenvalue weighted by Gasteiger charge is 2.19. The van der Waals surface area contributed by atoms with Crippen LogP contribution in [0.1, 0.15) is 21.6 Å². The SMILES string of the molecule is Cc1cccc(N(C)C(=O)c2cnn(-c3ccc(Br)cc3)c2C)c1. The van der Waals surface area contributed by atoms with Crippen LogP contribution in [0.25, 0.3) is 5.69 Å². The van der Waals surface area contributed by atoms with Crippen molar-refractivity contribution in [2.24, 2.45) is 0 Å². The van der Waals surface area contributed by atoms with Gasteiger partial charge in [-0.05, 0) is 55.8 Å². The summed E-state index contributed by atoms with van der Waals surface area (Å²) in [6.07, 6.45) is 1.63. The van der Waals surface area contributed by atoms with Gasteiger partial charge in [-0.1, -0.05) is 28.1 Å². The third kappa shape index (κ3) is 3.12. The first kappa shape index (κ1) is 16.5. The maximum Gasteiger partial charge on any atom is 0.261 e. The van der Waals surface area contributed by atoms with E-state index in [1.54, 1.807) is 22.8 Å². The molecule has 0 unspecified atom stereocenters. The monoisotopic (exact) mass is 383 g/mol. The number of halogens is 1. The summed E-state index contributed by atoms with van der Waals surface area (Å²) in [6, 6.07) is 15.7. The second kappa shape index (κ2) is 6.61. The summed E-state index contributed by atoms with van der Waals surface area (Å²) in [4.78, 5) is 14.5. The van der Waals surface area contributed by atoms with Crippen molar-refractivity contribution in [3.63, 3.8) is 0 Å². The fourth-order valence-electron chi connectivity index (χ4n) is 2.60. The maximum atomic E-state index is 12.8. The van der Waals surface area contributed by atoms with Crippen molar-refractivity contribution >= 4 is 27.5 Å². The normalized spacial score (nSPS) is 10.7. The third-order valence-corrected chi connectivity index (χ3v) is 4.53. The van der Waals surface area contributed by atoms with Crippen LogP contribution in [0.4, 0.5) is 5.69 Å². The fraction of sp³-hybridized carbons (Fsp3) is 0.158. The van der Waals surface area contributed by atoms with Crippen molar-refractivity contribution < 1.29 is 4.79 Å². The number of nitrogens with zero attached hydrogens (tertiary/aromatic N) is 3. The van der Waals surface area contributed by atoms with Crippen molar-refractivity contribution in [1.29, 1.82) is 0 Å². The van der Waals surface area contributed by atoms with Gasteiger partial charge in [-0.2, -0.15) is 5.10 Å². The van der Waals surface area contributed by atoms with Gasteiger partial charge in [0.05, 0.1) is 23.1 Å². The number of aryl methyl sites for hydroxylation is 1. The van der Waals surface area contributed by atoms with Crippen LogP contribution < -0.4 is 4.90 Å². The molecule has 3 rings (SSSR count). The maximum absolute atomic E-state index is 12.8. The molecule has 0 spiro atoms. The number of amides is 1. The van der Waals surface area contributed by atoms with Crippen molar-refractivity contribution in [3.05, 3.63) is 76.0 Å². The van der Waals surface area contributed by atoms with Gasteiger partial charge in [0.1, 0.15) is 0 Å². The number of rotatable bonds is 3. The first-order valence-electron chi connectivity index (χ1n) is 7.62. The van der Waals surface area contributed by atoms with E-state index in [1.165, 1.54) is 0 Å². The van der Waals surface area contributed by atoms with E-state index < -0.39 is 0 Å². The highest BCUT2D eigenvalue weighted by atomic mass is 79.9. The molecule has 0 bridgehead atoms. The van der Waals surface area contributed by atoms with Crippen LogP contribution in [0.5, 0.6) is 0 Å². The van der Waals surface area contributed by atoms with Crippen LogP contribution in [-0.4, -0.2) is 22.7 Å². The highest BCUT2D eigenvalue weighted by molar-refractivity contribution is 9.10. The summed E-state index contributed by atoms with van der Waals surface area (Å²) in [5.74, 6) is -0.0681. The minimum atomic E-state index is -0.0681. The van der Waals surface area contributed by atoms with E-state index in [1.807, 2.05) is 62.4 Å². The van der Waals surface area contributed by atoms with Gasteiger partial charge in [-0.25, -0.2) is 4.68 Å². The summed E-state index contributed by atoms with van der Waals surface area (Å²) in [5, 5.41) is 4.38. The second-order valence-corrected chi connectivity index (χ2v) is 6.65. The van der Waals surface area contributed by atoms with E-state index >= 15 is 0 Å². The molecule has 1 heterocycles. The summed E-state index contributed by atoms with van der Waals surface area (Å²) < 4.78 is 2.79. The van der Waals surface area contributed by atoms with Crippen LogP contribution in [0.3, 0.4) is 0 Å². The summed E-state index contributed by atoms with van der Waals surface area (Å²) >= 11 is 3.43. The van der Waals surface area contributed by atoms with Crippen molar-refractivity contribution in [1.82, 2.24) is 9.78 Å². The number of anilines is 1. The average Bonchev–Trinajstić information content (AvgIpc) is 2.96. The smallest absolute Gasteiger partial charge is 0.261 e. The zero-order valence-electron chi connectivity index (χ0n) is 13.8. The van der Waals surface area contributed by atoms with Gasteiger partial charge >= 0.3 is 0 Å². The summed E-state index contributed by atoms with van der Waals surface area (Å²) in [7, 11) is 1.79. The molecule has 1 amide bonds. The quantitative estimate of drug-likeness (QED) is 0.666. The Kier molecular flexibility index (Phi) is 4.53. The van der Waals surface area contributed by atoms with Gasteiger partial charge in [0.15, 0.2) is 0 Å². The van der Waals surface area contributed by atoms with Crippen LogP contribution in [-0.2, 0) is 0 Å². The number of aromatic nitrogens is 2. The second-order valence-electron chi connectivity index (χ2n) is 5.74. The molecule has 0 atom stereocenters. The Morgan fingerprint density at radius 2 is 1.83 bits per heavy atom. The Morgan fingerprint density at radius 3 is 2.50 bits per heavy atom. The van der Waals surface area contributed by atoms with Crippen molar-refractivity contribution in [2.75, 3.05) is 11.9 Å². The van der Waals surface area contributed by atoms with Crippen molar-refractivity contribution in [3.8, 4) is 5.69 Å². The molecule has 0 fully saturated rings. The minimum Gasteiger partial charge on any atom is -0.311 e. The van der Waals surface area contributed by atoms with Crippen molar-refractivity contribution in [2.45, 2.75) is 13.8 Å². The Hall–Kier alpha value is -2.40. The van der Waals surface area contributed by atoms with Gasteiger partial charge in [-0.15, -0.1) is 0 Å². The van der Waals surface area contributed by atoms with E-state index in [9.17, 15) is 4.79 Å². The number of benzene rings is 2. The van der Waals surface area contributed by atoms with Crippen LogP contribution in [0.2, 0.25) is 0 Å². The molecule has 0 radical (unpaired) electrons. The van der Waals surface area contributed by atoms with Crippen LogP contribution in [0.15, 0.2) is 59.2 Å². The predicted octanol–water partition coefficient (Wildman–Crippen LogP) is 4.53. The lowest BCUT2D eigenvalue weighted by Gasteiger charge is -2.17. The minimum absolute atomic E-state index is 0.0681. The van der Waals surface area contributed by atoms with Crippen LogP contribution in [0, 0.1) is 13.8 Å². The molecule has 0 saturated heterocycles. The fourth-order valence-corrected chi connectivity index (χ4v) is 2.86. The Labute approximate surface area is 149 Å². The molecular formula is C19H18BrN3O. The molecule has 0 aliphatic rings. The van der Waals surface area contributed by atoms with Gasteiger partial charge in [0.2, 0.25) is 0 Å². The predicted molar refractivity (Wildman–Crippen MR) is 99.9 cm³/mol. The Balaban J connectivity index is 1.92. The molecule has 2 aromatic carbocycles. The topological polar surface area (TPSA) is 38.1 Å². The molecule has 0 aliphatic heterocycles. The Morgan fingerprint density at radius 1 is 1.12 bits per heavy atom. The highest BCUT2D eigenvalue weighted by Crippen LogP contribution is 2.21. The molecular weight excluding hydrogens is 366 g/mol. The number of carbonyl (C=O) groups is 1. The molecule has 4 nitrogen and oxygen atoms in total. The molecule has 0 saturated carbocycles. The first-order chi connectivity index (χ1) is 11.5. The van der Waals surface area contributed by atoms with E-state index in [0.29, 0.717) is 5.56 Å². The number of hydrogen-bond acceptors (Lipinski definition) is 2.